The molecule has 0 radical (unpaired) electrons. The van der Waals surface area contributed by atoms with E-state index in [0.29, 0.717) is 0 Å². The molecule has 2 aromatic rings. The highest BCUT2D eigenvalue weighted by molar-refractivity contribution is 6.04. The summed E-state index contributed by atoms with van der Waals surface area (Å²) in [5, 5.41) is 6.10. The third-order valence-corrected chi connectivity index (χ3v) is 4.77. The van der Waals surface area contributed by atoms with Gasteiger partial charge in [0.25, 0.3) is 5.91 Å². The number of rotatable bonds is 2. The van der Waals surface area contributed by atoms with Crippen LogP contribution >= 0.6 is 0 Å². The summed E-state index contributed by atoms with van der Waals surface area (Å²) in [6.45, 7) is 2.36. The van der Waals surface area contributed by atoms with Crippen LogP contribution in [-0.2, 0) is 4.79 Å². The van der Waals surface area contributed by atoms with Crippen molar-refractivity contribution in [2.75, 3.05) is 10.6 Å². The quantitative estimate of drug-likeness (QED) is 0.779. The molecule has 1 aliphatic heterocycles. The van der Waals surface area contributed by atoms with E-state index in [4.69, 9.17) is 0 Å². The standard InChI is InChI=1S/C14H12N2O.C7H14/c17-14-13(15-10-6-2-1-3-7-10)11-8-4-5-9-12(11)16-14;1-7-5-3-2-4-6-7/h1-9,13,15H,(H,16,17);7H,2-6H2,1H3. The Hall–Kier alpha value is -2.29. The molecular formula is C21H26N2O. The minimum absolute atomic E-state index is 0.00458. The van der Waals surface area contributed by atoms with E-state index in [0.717, 1.165) is 22.9 Å². The van der Waals surface area contributed by atoms with Crippen LogP contribution < -0.4 is 10.6 Å². The number of carbonyl (C=O) groups is 1. The highest BCUT2D eigenvalue weighted by Crippen LogP contribution is 2.32. The summed E-state index contributed by atoms with van der Waals surface area (Å²) in [5.41, 5.74) is 2.84. The summed E-state index contributed by atoms with van der Waals surface area (Å²) in [6, 6.07) is 17.2. The molecule has 0 saturated heterocycles. The van der Waals surface area contributed by atoms with Gasteiger partial charge in [0.15, 0.2) is 0 Å². The fourth-order valence-electron chi connectivity index (χ4n) is 3.36. The van der Waals surface area contributed by atoms with E-state index in [2.05, 4.69) is 17.6 Å². The molecule has 4 rings (SSSR count). The van der Waals surface area contributed by atoms with E-state index in [1.807, 2.05) is 54.6 Å². The lowest BCUT2D eigenvalue weighted by molar-refractivity contribution is -0.116. The maximum atomic E-state index is 11.9. The van der Waals surface area contributed by atoms with E-state index >= 15 is 0 Å². The molecule has 24 heavy (non-hydrogen) atoms. The first-order valence-electron chi connectivity index (χ1n) is 8.95. The minimum atomic E-state index is -0.298. The molecular weight excluding hydrogens is 296 g/mol. The molecule has 1 aliphatic carbocycles. The zero-order valence-electron chi connectivity index (χ0n) is 14.3. The van der Waals surface area contributed by atoms with Crippen molar-refractivity contribution < 1.29 is 4.79 Å². The largest absolute Gasteiger partial charge is 0.370 e. The van der Waals surface area contributed by atoms with Gasteiger partial charge >= 0.3 is 0 Å². The molecule has 1 fully saturated rings. The highest BCUT2D eigenvalue weighted by atomic mass is 16.2. The summed E-state index contributed by atoms with van der Waals surface area (Å²) in [6.07, 6.45) is 7.44. The van der Waals surface area contributed by atoms with Crippen molar-refractivity contribution in [2.24, 2.45) is 5.92 Å². The number of anilines is 2. The second-order valence-electron chi connectivity index (χ2n) is 6.76. The zero-order valence-corrected chi connectivity index (χ0v) is 14.3. The first kappa shape index (κ1) is 16.6. The molecule has 2 aromatic carbocycles. The molecule has 2 aliphatic rings. The van der Waals surface area contributed by atoms with Crippen molar-refractivity contribution in [3.05, 3.63) is 60.2 Å². The predicted molar refractivity (Wildman–Crippen MR) is 100 cm³/mol. The van der Waals surface area contributed by atoms with Gasteiger partial charge in [0.2, 0.25) is 0 Å². The van der Waals surface area contributed by atoms with E-state index in [9.17, 15) is 4.79 Å². The molecule has 3 heteroatoms. The summed E-state index contributed by atoms with van der Waals surface area (Å²) in [7, 11) is 0. The van der Waals surface area contributed by atoms with Crippen molar-refractivity contribution in [2.45, 2.75) is 45.1 Å². The number of para-hydroxylation sites is 2. The van der Waals surface area contributed by atoms with Crippen molar-refractivity contribution in [3.8, 4) is 0 Å². The van der Waals surface area contributed by atoms with Gasteiger partial charge in [0.05, 0.1) is 0 Å². The Bertz CT molecular complexity index is 663. The number of benzene rings is 2. The molecule has 2 N–H and O–H groups in total. The summed E-state index contributed by atoms with van der Waals surface area (Å²) < 4.78 is 0. The SMILES string of the molecule is CC1CCCCC1.O=C1Nc2ccccc2C1Nc1ccccc1. The molecule has 0 spiro atoms. The lowest BCUT2D eigenvalue weighted by atomic mass is 9.91. The van der Waals surface area contributed by atoms with Gasteiger partial charge in [-0.1, -0.05) is 75.4 Å². The number of fused-ring (bicyclic) bond motifs is 1. The molecule has 0 bridgehead atoms. The average molecular weight is 322 g/mol. The lowest BCUT2D eigenvalue weighted by Gasteiger charge is -2.15. The van der Waals surface area contributed by atoms with Crippen LogP contribution in [-0.4, -0.2) is 5.91 Å². The molecule has 3 nitrogen and oxygen atoms in total. The van der Waals surface area contributed by atoms with Crippen molar-refractivity contribution in [3.63, 3.8) is 0 Å². The first-order chi connectivity index (χ1) is 11.7. The molecule has 1 atom stereocenters. The normalized spacial score (nSPS) is 19.7. The third kappa shape index (κ3) is 4.16. The van der Waals surface area contributed by atoms with Crippen LogP contribution in [0.3, 0.4) is 0 Å². The summed E-state index contributed by atoms with van der Waals surface area (Å²) in [5.74, 6) is 1.03. The van der Waals surface area contributed by atoms with Gasteiger partial charge in [-0.2, -0.15) is 0 Å². The highest BCUT2D eigenvalue weighted by Gasteiger charge is 2.29. The zero-order chi connectivity index (χ0) is 16.8. The predicted octanol–water partition coefficient (Wildman–Crippen LogP) is 5.38. The van der Waals surface area contributed by atoms with Gasteiger partial charge in [0.1, 0.15) is 6.04 Å². The van der Waals surface area contributed by atoms with Crippen LogP contribution in [0.4, 0.5) is 11.4 Å². The number of amides is 1. The van der Waals surface area contributed by atoms with E-state index < -0.39 is 0 Å². The molecule has 1 unspecified atom stereocenters. The Morgan fingerprint density at radius 2 is 1.58 bits per heavy atom. The molecule has 1 saturated carbocycles. The minimum Gasteiger partial charge on any atom is -0.370 e. The van der Waals surface area contributed by atoms with Crippen molar-refractivity contribution in [1.29, 1.82) is 0 Å². The second kappa shape index (κ2) is 8.00. The molecule has 0 aromatic heterocycles. The van der Waals surface area contributed by atoms with Crippen LogP contribution in [0.1, 0.15) is 50.6 Å². The van der Waals surface area contributed by atoms with Gasteiger partial charge in [-0.25, -0.2) is 0 Å². The Morgan fingerprint density at radius 1 is 0.917 bits per heavy atom. The smallest absolute Gasteiger partial charge is 0.251 e. The second-order valence-corrected chi connectivity index (χ2v) is 6.76. The third-order valence-electron chi connectivity index (χ3n) is 4.77. The lowest BCUT2D eigenvalue weighted by Crippen LogP contribution is -2.19. The van der Waals surface area contributed by atoms with Gasteiger partial charge < -0.3 is 10.6 Å². The fourth-order valence-corrected chi connectivity index (χ4v) is 3.36. The summed E-state index contributed by atoms with van der Waals surface area (Å²) in [4.78, 5) is 11.9. The number of hydrogen-bond acceptors (Lipinski definition) is 2. The van der Waals surface area contributed by atoms with Crippen molar-refractivity contribution in [1.82, 2.24) is 0 Å². The molecule has 1 amide bonds. The van der Waals surface area contributed by atoms with Crippen LogP contribution in [0.25, 0.3) is 0 Å². The van der Waals surface area contributed by atoms with Gasteiger partial charge in [-0.3, -0.25) is 4.79 Å². The Balaban J connectivity index is 0.000000203. The number of carbonyl (C=O) groups excluding carboxylic acids is 1. The summed E-state index contributed by atoms with van der Waals surface area (Å²) >= 11 is 0. The Kier molecular flexibility index (Phi) is 5.52. The van der Waals surface area contributed by atoms with E-state index in [1.54, 1.807) is 0 Å². The Morgan fingerprint density at radius 3 is 2.25 bits per heavy atom. The van der Waals surface area contributed by atoms with Crippen LogP contribution in [0.2, 0.25) is 0 Å². The van der Waals surface area contributed by atoms with Gasteiger partial charge in [-0.05, 0) is 24.1 Å². The van der Waals surface area contributed by atoms with Crippen LogP contribution in [0.5, 0.6) is 0 Å². The maximum Gasteiger partial charge on any atom is 0.251 e. The van der Waals surface area contributed by atoms with E-state index in [1.165, 1.54) is 32.1 Å². The van der Waals surface area contributed by atoms with Gasteiger partial charge in [-0.15, -0.1) is 0 Å². The molecule has 126 valence electrons. The molecule has 1 heterocycles. The number of hydrogen-bond donors (Lipinski definition) is 2. The average Bonchev–Trinajstić information content (AvgIpc) is 2.93. The van der Waals surface area contributed by atoms with E-state index in [-0.39, 0.29) is 11.9 Å². The first-order valence-corrected chi connectivity index (χ1v) is 8.95. The number of nitrogens with one attached hydrogen (secondary N) is 2. The monoisotopic (exact) mass is 322 g/mol. The van der Waals surface area contributed by atoms with Crippen molar-refractivity contribution >= 4 is 17.3 Å². The Labute approximate surface area is 144 Å². The fraction of sp³-hybridized carbons (Fsp3) is 0.381. The van der Waals surface area contributed by atoms with Crippen LogP contribution in [0.15, 0.2) is 54.6 Å². The topological polar surface area (TPSA) is 41.1 Å². The maximum absolute atomic E-state index is 11.9. The van der Waals surface area contributed by atoms with Gasteiger partial charge in [0, 0.05) is 16.9 Å². The van der Waals surface area contributed by atoms with Crippen LogP contribution in [0, 0.1) is 5.92 Å².